The minimum absolute atomic E-state index is 0.0156. The van der Waals surface area contributed by atoms with E-state index in [0.29, 0.717) is 19.7 Å². The lowest BCUT2D eigenvalue weighted by molar-refractivity contribution is -0.142. The van der Waals surface area contributed by atoms with Crippen molar-refractivity contribution in [3.05, 3.63) is 24.0 Å². The van der Waals surface area contributed by atoms with E-state index in [1.807, 2.05) is 43.8 Å². The van der Waals surface area contributed by atoms with E-state index >= 15 is 0 Å². The number of methoxy groups -OCH3 is 1. The van der Waals surface area contributed by atoms with Gasteiger partial charge in [0, 0.05) is 38.6 Å². The van der Waals surface area contributed by atoms with Crippen LogP contribution in [0, 0.1) is 0 Å². The quantitative estimate of drug-likeness (QED) is 0.634. The molecular formula is C17H28ClN3O3. The molecule has 1 atom stereocenters. The largest absolute Gasteiger partial charge is 0.383 e. The van der Waals surface area contributed by atoms with Crippen LogP contribution in [0.3, 0.4) is 0 Å². The summed E-state index contributed by atoms with van der Waals surface area (Å²) in [7, 11) is 3.54. The maximum Gasteiger partial charge on any atom is 0.242 e. The second-order valence-corrected chi connectivity index (χ2v) is 6.75. The summed E-state index contributed by atoms with van der Waals surface area (Å²) in [5.74, 6) is -0.349. The molecule has 2 amide bonds. The summed E-state index contributed by atoms with van der Waals surface area (Å²) in [5.41, 5.74) is 1.02. The van der Waals surface area contributed by atoms with Crippen molar-refractivity contribution in [3.63, 3.8) is 0 Å². The van der Waals surface area contributed by atoms with Gasteiger partial charge in [-0.1, -0.05) is 0 Å². The summed E-state index contributed by atoms with van der Waals surface area (Å²) in [6, 6.07) is 3.81. The molecule has 0 saturated heterocycles. The van der Waals surface area contributed by atoms with E-state index in [-0.39, 0.29) is 24.4 Å². The fourth-order valence-electron chi connectivity index (χ4n) is 2.34. The van der Waals surface area contributed by atoms with Crippen LogP contribution in [-0.2, 0) is 27.9 Å². The Bertz CT molecular complexity index is 543. The van der Waals surface area contributed by atoms with Gasteiger partial charge in [-0.05, 0) is 32.9 Å². The molecule has 0 radical (unpaired) electrons. The van der Waals surface area contributed by atoms with Gasteiger partial charge in [-0.3, -0.25) is 9.59 Å². The van der Waals surface area contributed by atoms with Crippen LogP contribution in [0.2, 0.25) is 0 Å². The number of aromatic nitrogens is 1. The van der Waals surface area contributed by atoms with Crippen LogP contribution in [0.25, 0.3) is 0 Å². The normalized spacial score (nSPS) is 12.3. The number of alkyl halides is 1. The lowest BCUT2D eigenvalue weighted by atomic mass is 10.2. The maximum absolute atomic E-state index is 12.8. The van der Waals surface area contributed by atoms with Crippen molar-refractivity contribution in [2.24, 2.45) is 7.05 Å². The van der Waals surface area contributed by atoms with Crippen molar-refractivity contribution >= 4 is 23.4 Å². The maximum atomic E-state index is 12.8. The number of halogens is 1. The zero-order valence-corrected chi connectivity index (χ0v) is 15.9. The average molecular weight is 358 g/mol. The minimum atomic E-state index is -0.652. The molecule has 136 valence electrons. The van der Waals surface area contributed by atoms with Gasteiger partial charge in [-0.15, -0.1) is 11.6 Å². The van der Waals surface area contributed by atoms with Gasteiger partial charge in [0.15, 0.2) is 0 Å². The van der Waals surface area contributed by atoms with E-state index in [0.717, 1.165) is 5.69 Å². The number of carbonyl (C=O) groups is 2. The molecule has 0 aliphatic heterocycles. The molecule has 24 heavy (non-hydrogen) atoms. The van der Waals surface area contributed by atoms with Crippen molar-refractivity contribution in [3.8, 4) is 0 Å². The van der Waals surface area contributed by atoms with Crippen LogP contribution < -0.4 is 0 Å². The van der Waals surface area contributed by atoms with Crippen molar-refractivity contribution in [2.75, 3.05) is 26.8 Å². The second kappa shape index (κ2) is 9.69. The van der Waals surface area contributed by atoms with Gasteiger partial charge in [0.05, 0.1) is 13.2 Å². The van der Waals surface area contributed by atoms with Gasteiger partial charge >= 0.3 is 0 Å². The first-order chi connectivity index (χ1) is 11.3. The molecule has 1 heterocycles. The molecule has 1 aromatic rings. The van der Waals surface area contributed by atoms with Crippen molar-refractivity contribution < 1.29 is 14.3 Å². The van der Waals surface area contributed by atoms with E-state index in [1.165, 1.54) is 4.90 Å². The number of hydrogen-bond acceptors (Lipinski definition) is 3. The number of amides is 2. The van der Waals surface area contributed by atoms with Gasteiger partial charge in [0.2, 0.25) is 11.8 Å². The number of carbonyl (C=O) groups excluding carboxylic acids is 2. The summed E-state index contributed by atoms with van der Waals surface area (Å²) < 4.78 is 7.08. The van der Waals surface area contributed by atoms with Gasteiger partial charge in [0.25, 0.3) is 0 Å². The number of nitrogens with zero attached hydrogens (tertiary/aromatic N) is 3. The first-order valence-electron chi connectivity index (χ1n) is 8.09. The van der Waals surface area contributed by atoms with Gasteiger partial charge < -0.3 is 19.1 Å². The van der Waals surface area contributed by atoms with Gasteiger partial charge in [-0.2, -0.15) is 0 Å². The molecule has 0 spiro atoms. The van der Waals surface area contributed by atoms with Crippen molar-refractivity contribution in [1.82, 2.24) is 14.4 Å². The monoisotopic (exact) mass is 357 g/mol. The molecule has 7 heteroatoms. The summed E-state index contributed by atoms with van der Waals surface area (Å²) in [4.78, 5) is 28.2. The highest BCUT2D eigenvalue weighted by Gasteiger charge is 2.26. The lowest BCUT2D eigenvalue weighted by Gasteiger charge is -2.30. The lowest BCUT2D eigenvalue weighted by Crippen LogP contribution is -2.48. The fraction of sp³-hybridized carbons (Fsp3) is 0.647. The van der Waals surface area contributed by atoms with E-state index in [4.69, 9.17) is 16.3 Å². The summed E-state index contributed by atoms with van der Waals surface area (Å²) in [6.07, 6.45) is 1.94. The van der Waals surface area contributed by atoms with Crippen LogP contribution in [0.1, 0.15) is 26.5 Å². The van der Waals surface area contributed by atoms with E-state index < -0.39 is 5.38 Å². The SMILES string of the molecule is COCCN(Cc1cccn1C)C(=O)CN(C(=O)[C@H](C)Cl)C(C)C. The molecule has 0 aliphatic carbocycles. The Balaban J connectivity index is 2.85. The molecule has 1 rings (SSSR count). The molecule has 0 fully saturated rings. The molecule has 0 bridgehead atoms. The predicted octanol–water partition coefficient (Wildman–Crippen LogP) is 1.86. The molecule has 0 unspecified atom stereocenters. The third-order valence-corrected chi connectivity index (χ3v) is 4.06. The first kappa shape index (κ1) is 20.5. The Morgan fingerprint density at radius 3 is 2.46 bits per heavy atom. The van der Waals surface area contributed by atoms with Crippen LogP contribution >= 0.6 is 11.6 Å². The second-order valence-electron chi connectivity index (χ2n) is 6.09. The Kier molecular flexibility index (Phi) is 8.28. The molecule has 0 N–H and O–H groups in total. The zero-order chi connectivity index (χ0) is 18.3. The zero-order valence-electron chi connectivity index (χ0n) is 15.2. The average Bonchev–Trinajstić information content (AvgIpc) is 2.92. The van der Waals surface area contributed by atoms with Crippen molar-refractivity contribution in [2.45, 2.75) is 38.7 Å². The molecule has 0 aromatic carbocycles. The van der Waals surface area contributed by atoms with E-state index in [9.17, 15) is 9.59 Å². The third-order valence-electron chi connectivity index (χ3n) is 3.87. The summed E-state index contributed by atoms with van der Waals surface area (Å²) in [5, 5.41) is -0.652. The standard InChI is InChI=1S/C17H28ClN3O3/c1-13(2)21(17(23)14(3)18)12-16(22)20(9-10-24-5)11-15-7-6-8-19(15)4/h6-8,13-14H,9-12H2,1-5H3/t14-/m0/s1. The summed E-state index contributed by atoms with van der Waals surface area (Å²) >= 11 is 5.91. The summed E-state index contributed by atoms with van der Waals surface area (Å²) in [6.45, 7) is 6.78. The fourth-order valence-corrected chi connectivity index (χ4v) is 2.46. The Hall–Kier alpha value is -1.53. The predicted molar refractivity (Wildman–Crippen MR) is 94.9 cm³/mol. The Labute approximate surface area is 149 Å². The molecular weight excluding hydrogens is 330 g/mol. The number of aryl methyl sites for hydroxylation is 1. The molecule has 1 aromatic heterocycles. The van der Waals surface area contributed by atoms with Crippen molar-refractivity contribution in [1.29, 1.82) is 0 Å². The smallest absolute Gasteiger partial charge is 0.242 e. The molecule has 6 nitrogen and oxygen atoms in total. The number of hydrogen-bond donors (Lipinski definition) is 0. The topological polar surface area (TPSA) is 54.8 Å². The van der Waals surface area contributed by atoms with Crippen LogP contribution in [0.4, 0.5) is 0 Å². The molecule has 0 saturated carbocycles. The number of ether oxygens (including phenoxy) is 1. The van der Waals surface area contributed by atoms with Crippen LogP contribution in [-0.4, -0.2) is 64.4 Å². The Morgan fingerprint density at radius 2 is 2.00 bits per heavy atom. The van der Waals surface area contributed by atoms with Crippen LogP contribution in [0.5, 0.6) is 0 Å². The van der Waals surface area contributed by atoms with E-state index in [1.54, 1.807) is 18.9 Å². The number of rotatable bonds is 9. The highest BCUT2D eigenvalue weighted by Crippen LogP contribution is 2.10. The molecule has 0 aliphatic rings. The highest BCUT2D eigenvalue weighted by atomic mass is 35.5. The van der Waals surface area contributed by atoms with Crippen LogP contribution in [0.15, 0.2) is 18.3 Å². The third kappa shape index (κ3) is 5.83. The van der Waals surface area contributed by atoms with E-state index in [2.05, 4.69) is 0 Å². The highest BCUT2D eigenvalue weighted by molar-refractivity contribution is 6.30. The minimum Gasteiger partial charge on any atom is -0.383 e. The Morgan fingerprint density at radius 1 is 1.33 bits per heavy atom. The van der Waals surface area contributed by atoms with Gasteiger partial charge in [0.1, 0.15) is 11.9 Å². The first-order valence-corrected chi connectivity index (χ1v) is 8.53. The van der Waals surface area contributed by atoms with Gasteiger partial charge in [-0.25, -0.2) is 0 Å².